The van der Waals surface area contributed by atoms with E-state index < -0.39 is 17.6 Å². The number of allylic oxidation sites excluding steroid dienone is 2. The molecule has 0 saturated carbocycles. The minimum absolute atomic E-state index is 0.00861. The lowest BCUT2D eigenvalue weighted by molar-refractivity contribution is -0.168. The first-order valence-electron chi connectivity index (χ1n) is 12.3. The molecule has 1 heterocycles. The van der Waals surface area contributed by atoms with Gasteiger partial charge >= 0.3 is 11.9 Å². The van der Waals surface area contributed by atoms with Gasteiger partial charge in [-0.2, -0.15) is 0 Å². The fourth-order valence-electron chi connectivity index (χ4n) is 5.66. The van der Waals surface area contributed by atoms with Gasteiger partial charge in [0.25, 0.3) is 0 Å². The van der Waals surface area contributed by atoms with Crippen molar-refractivity contribution in [1.82, 2.24) is 0 Å². The standard InChI is InChI=1S/C26H40O6/c1-5-11-26(4,6-2)25(30)32-22-14-18(27)12-17-8-7-16(3)21(24(17)22)10-9-20-13-19(28)15-23(29)31-20/h7-8,12,16,18-22,24,27-28H,5-6,9-11,13-15H2,1-4H3/t16-,18+,19+,20+,21-,22-,24-,26?/m0/s1. The first-order valence-corrected chi connectivity index (χ1v) is 12.3. The smallest absolute Gasteiger partial charge is 0.312 e. The molecular weight excluding hydrogens is 408 g/mol. The van der Waals surface area contributed by atoms with Crippen molar-refractivity contribution in [2.24, 2.45) is 23.2 Å². The Morgan fingerprint density at radius 1 is 1.25 bits per heavy atom. The molecule has 2 N–H and O–H groups in total. The number of hydrogen-bond acceptors (Lipinski definition) is 6. The van der Waals surface area contributed by atoms with Crippen LogP contribution in [-0.2, 0) is 19.1 Å². The van der Waals surface area contributed by atoms with E-state index in [1.54, 1.807) is 0 Å². The van der Waals surface area contributed by atoms with Crippen LogP contribution in [0.1, 0.15) is 79.1 Å². The van der Waals surface area contributed by atoms with Crippen LogP contribution < -0.4 is 0 Å². The van der Waals surface area contributed by atoms with Gasteiger partial charge in [-0.3, -0.25) is 9.59 Å². The second-order valence-corrected chi connectivity index (χ2v) is 10.3. The number of aliphatic hydroxyl groups is 2. The Balaban J connectivity index is 1.77. The van der Waals surface area contributed by atoms with E-state index in [-0.39, 0.29) is 48.3 Å². The molecule has 0 spiro atoms. The van der Waals surface area contributed by atoms with Gasteiger partial charge in [-0.1, -0.05) is 45.4 Å². The highest BCUT2D eigenvalue weighted by Gasteiger charge is 2.44. The van der Waals surface area contributed by atoms with Crippen LogP contribution in [0.15, 0.2) is 23.8 Å². The van der Waals surface area contributed by atoms with Crippen molar-refractivity contribution in [3.63, 3.8) is 0 Å². The van der Waals surface area contributed by atoms with Gasteiger partial charge in [0.05, 0.1) is 24.0 Å². The second-order valence-electron chi connectivity index (χ2n) is 10.3. The number of ether oxygens (including phenoxy) is 2. The monoisotopic (exact) mass is 448 g/mol. The van der Waals surface area contributed by atoms with E-state index in [1.807, 2.05) is 19.9 Å². The number of fused-ring (bicyclic) bond motifs is 1. The van der Waals surface area contributed by atoms with Gasteiger partial charge in [0, 0.05) is 18.8 Å². The highest BCUT2D eigenvalue weighted by atomic mass is 16.6. The summed E-state index contributed by atoms with van der Waals surface area (Å²) in [5, 5.41) is 20.4. The Hall–Kier alpha value is -1.66. The van der Waals surface area contributed by atoms with E-state index >= 15 is 0 Å². The second kappa shape index (κ2) is 10.5. The van der Waals surface area contributed by atoms with Gasteiger partial charge in [-0.15, -0.1) is 0 Å². The third kappa shape index (κ3) is 5.63. The molecule has 1 fully saturated rings. The van der Waals surface area contributed by atoms with Crippen molar-refractivity contribution >= 4 is 11.9 Å². The molecule has 180 valence electrons. The quantitative estimate of drug-likeness (QED) is 0.543. The molecule has 32 heavy (non-hydrogen) atoms. The van der Waals surface area contributed by atoms with Crippen LogP contribution in [0.5, 0.6) is 0 Å². The fourth-order valence-corrected chi connectivity index (χ4v) is 5.66. The van der Waals surface area contributed by atoms with E-state index in [0.29, 0.717) is 19.3 Å². The van der Waals surface area contributed by atoms with Crippen LogP contribution >= 0.6 is 0 Å². The van der Waals surface area contributed by atoms with E-state index in [4.69, 9.17) is 9.47 Å². The molecule has 6 heteroatoms. The highest BCUT2D eigenvalue weighted by molar-refractivity contribution is 5.76. The lowest BCUT2D eigenvalue weighted by Crippen LogP contribution is -2.44. The summed E-state index contributed by atoms with van der Waals surface area (Å²) in [6.45, 7) is 8.23. The summed E-state index contributed by atoms with van der Waals surface area (Å²) in [6, 6.07) is 0. The SMILES string of the molecule is CCCC(C)(CC)C(=O)O[C@H]1C[C@H](O)C=C2C=C[C@H](C)[C@H](CC[C@@H]3C[C@@H](O)CC(=O)O3)[C@H]21. The summed E-state index contributed by atoms with van der Waals surface area (Å²) >= 11 is 0. The average molecular weight is 449 g/mol. The first-order chi connectivity index (χ1) is 15.2. The zero-order valence-corrected chi connectivity index (χ0v) is 20.0. The van der Waals surface area contributed by atoms with Crippen molar-refractivity contribution < 1.29 is 29.3 Å². The number of carbonyl (C=O) groups excluding carboxylic acids is 2. The molecule has 8 atom stereocenters. The summed E-state index contributed by atoms with van der Waals surface area (Å²) in [6.07, 6.45) is 8.99. The Labute approximate surface area is 192 Å². The molecular formula is C26H40O6. The van der Waals surface area contributed by atoms with Crippen LogP contribution in [0.3, 0.4) is 0 Å². The number of cyclic esters (lactones) is 1. The fraction of sp³-hybridized carbons (Fsp3) is 0.769. The lowest BCUT2D eigenvalue weighted by atomic mass is 9.66. The number of carbonyl (C=O) groups is 2. The third-order valence-corrected chi connectivity index (χ3v) is 7.76. The predicted molar refractivity (Wildman–Crippen MR) is 122 cm³/mol. The van der Waals surface area contributed by atoms with Crippen LogP contribution in [-0.4, -0.2) is 46.6 Å². The Kier molecular flexibility index (Phi) is 8.21. The predicted octanol–water partition coefficient (Wildman–Crippen LogP) is 4.09. The maximum absolute atomic E-state index is 13.2. The summed E-state index contributed by atoms with van der Waals surface area (Å²) in [4.78, 5) is 24.9. The Morgan fingerprint density at radius 3 is 2.66 bits per heavy atom. The molecule has 1 aliphatic heterocycles. The molecule has 1 unspecified atom stereocenters. The molecule has 3 aliphatic rings. The van der Waals surface area contributed by atoms with Crippen molar-refractivity contribution in [3.8, 4) is 0 Å². The molecule has 0 aromatic heterocycles. The number of hydrogen-bond donors (Lipinski definition) is 2. The lowest BCUT2D eigenvalue weighted by Gasteiger charge is -2.44. The van der Waals surface area contributed by atoms with Crippen LogP contribution in [0, 0.1) is 23.2 Å². The highest BCUT2D eigenvalue weighted by Crippen LogP contribution is 2.45. The number of rotatable bonds is 8. The van der Waals surface area contributed by atoms with Gasteiger partial charge in [0.1, 0.15) is 12.2 Å². The summed E-state index contributed by atoms with van der Waals surface area (Å²) in [7, 11) is 0. The minimum Gasteiger partial charge on any atom is -0.462 e. The van der Waals surface area contributed by atoms with Crippen LogP contribution in [0.2, 0.25) is 0 Å². The molecule has 1 saturated heterocycles. The van der Waals surface area contributed by atoms with Crippen molar-refractivity contribution in [2.45, 2.75) is 103 Å². The summed E-state index contributed by atoms with van der Waals surface area (Å²) in [5.74, 6) is -0.0347. The van der Waals surface area contributed by atoms with Crippen molar-refractivity contribution in [1.29, 1.82) is 0 Å². The topological polar surface area (TPSA) is 93.1 Å². The van der Waals surface area contributed by atoms with Crippen LogP contribution in [0.4, 0.5) is 0 Å². The molecule has 0 radical (unpaired) electrons. The Bertz CT molecular complexity index is 743. The molecule has 0 aromatic carbocycles. The normalized spacial score (nSPS) is 36.5. The molecule has 2 aliphatic carbocycles. The molecule has 0 aromatic rings. The van der Waals surface area contributed by atoms with Gasteiger partial charge in [-0.25, -0.2) is 0 Å². The van der Waals surface area contributed by atoms with E-state index in [9.17, 15) is 19.8 Å². The average Bonchev–Trinajstić information content (AvgIpc) is 2.72. The Morgan fingerprint density at radius 2 is 2.00 bits per heavy atom. The maximum atomic E-state index is 13.2. The molecule has 3 rings (SSSR count). The third-order valence-electron chi connectivity index (χ3n) is 7.76. The van der Waals surface area contributed by atoms with E-state index in [0.717, 1.165) is 31.3 Å². The van der Waals surface area contributed by atoms with Gasteiger partial charge < -0.3 is 19.7 Å². The number of aliphatic hydroxyl groups excluding tert-OH is 2. The maximum Gasteiger partial charge on any atom is 0.312 e. The summed E-state index contributed by atoms with van der Waals surface area (Å²) in [5.41, 5.74) is 0.512. The zero-order valence-electron chi connectivity index (χ0n) is 20.0. The first kappa shape index (κ1) is 25.0. The van der Waals surface area contributed by atoms with Gasteiger partial charge in [0.15, 0.2) is 0 Å². The van der Waals surface area contributed by atoms with Crippen LogP contribution in [0.25, 0.3) is 0 Å². The van der Waals surface area contributed by atoms with Gasteiger partial charge in [0.2, 0.25) is 0 Å². The van der Waals surface area contributed by atoms with Crippen molar-refractivity contribution in [3.05, 3.63) is 23.8 Å². The van der Waals surface area contributed by atoms with E-state index in [1.165, 1.54) is 0 Å². The zero-order chi connectivity index (χ0) is 23.5. The van der Waals surface area contributed by atoms with Gasteiger partial charge in [-0.05, 0) is 50.0 Å². The van der Waals surface area contributed by atoms with E-state index in [2.05, 4.69) is 26.0 Å². The van der Waals surface area contributed by atoms with Crippen molar-refractivity contribution in [2.75, 3.05) is 0 Å². The summed E-state index contributed by atoms with van der Waals surface area (Å²) < 4.78 is 11.6. The molecule has 6 nitrogen and oxygen atoms in total. The molecule has 0 amide bonds. The largest absolute Gasteiger partial charge is 0.462 e. The molecule has 0 bridgehead atoms. The number of esters is 2. The minimum atomic E-state index is -0.635.